The molecule has 1 aromatic heterocycles. The zero-order valence-electron chi connectivity index (χ0n) is 9.13. The van der Waals surface area contributed by atoms with Crippen LogP contribution in [0.4, 0.5) is 5.69 Å². The molecule has 1 heterocycles. The lowest BCUT2D eigenvalue weighted by Gasteiger charge is -2.07. The smallest absolute Gasteiger partial charge is 0.275 e. The average Bonchev–Trinajstić information content (AvgIpc) is 2.84. The van der Waals surface area contributed by atoms with Gasteiger partial charge in [-0.25, -0.2) is 13.4 Å². The third-order valence-electron chi connectivity index (χ3n) is 2.14. The number of carbonyl (C=O) groups excluding carboxylic acids is 1. The van der Waals surface area contributed by atoms with Crippen molar-refractivity contribution in [2.24, 2.45) is 0 Å². The van der Waals surface area contributed by atoms with Crippen LogP contribution >= 0.6 is 37.9 Å². The van der Waals surface area contributed by atoms with Gasteiger partial charge < -0.3 is 5.32 Å². The van der Waals surface area contributed by atoms with Gasteiger partial charge in [0.25, 0.3) is 15.0 Å². The Kier molecular flexibility index (Phi) is 4.24. The first-order valence-corrected chi connectivity index (χ1v) is 8.86. The third kappa shape index (κ3) is 3.53. The molecule has 0 unspecified atom stereocenters. The van der Waals surface area contributed by atoms with Crippen molar-refractivity contribution in [1.82, 2.24) is 4.98 Å². The van der Waals surface area contributed by atoms with Crippen molar-refractivity contribution >= 4 is 58.6 Å². The Bertz CT molecular complexity index is 716. The normalized spacial score (nSPS) is 11.3. The molecule has 0 aliphatic carbocycles. The standard InChI is InChI=1S/C10H6BrClN2O3S2/c11-7-3-6(19(12,16)17)1-2-8(7)14-10(15)9-4-18-5-13-9/h1-5H,(H,14,15). The molecule has 5 nitrogen and oxygen atoms in total. The molecule has 2 aromatic rings. The molecular formula is C10H6BrClN2O3S2. The van der Waals surface area contributed by atoms with Gasteiger partial charge in [-0.2, -0.15) is 0 Å². The average molecular weight is 382 g/mol. The van der Waals surface area contributed by atoms with Gasteiger partial charge in [0.2, 0.25) is 0 Å². The Morgan fingerprint density at radius 3 is 2.68 bits per heavy atom. The van der Waals surface area contributed by atoms with Gasteiger partial charge in [0, 0.05) is 20.5 Å². The number of rotatable bonds is 3. The van der Waals surface area contributed by atoms with E-state index < -0.39 is 9.05 Å². The predicted molar refractivity (Wildman–Crippen MR) is 77.2 cm³/mol. The van der Waals surface area contributed by atoms with Crippen molar-refractivity contribution in [3.05, 3.63) is 39.3 Å². The lowest BCUT2D eigenvalue weighted by Crippen LogP contribution is -2.12. The van der Waals surface area contributed by atoms with E-state index in [4.69, 9.17) is 10.7 Å². The van der Waals surface area contributed by atoms with Crippen LogP contribution in [0, 0.1) is 0 Å². The maximum atomic E-state index is 11.8. The number of amides is 1. The number of carbonyl (C=O) groups is 1. The van der Waals surface area contributed by atoms with Crippen molar-refractivity contribution in [1.29, 1.82) is 0 Å². The van der Waals surface area contributed by atoms with Crippen LogP contribution in [0.1, 0.15) is 10.5 Å². The lowest BCUT2D eigenvalue weighted by molar-refractivity contribution is 0.102. The summed E-state index contributed by atoms with van der Waals surface area (Å²) in [6.45, 7) is 0. The van der Waals surface area contributed by atoms with E-state index in [9.17, 15) is 13.2 Å². The van der Waals surface area contributed by atoms with E-state index in [-0.39, 0.29) is 10.8 Å². The highest BCUT2D eigenvalue weighted by Gasteiger charge is 2.14. The van der Waals surface area contributed by atoms with Crippen molar-refractivity contribution in [3.63, 3.8) is 0 Å². The molecule has 100 valence electrons. The maximum absolute atomic E-state index is 11.8. The molecule has 0 aliphatic heterocycles. The fourth-order valence-electron chi connectivity index (χ4n) is 1.26. The summed E-state index contributed by atoms with van der Waals surface area (Å²) in [6, 6.07) is 4.08. The van der Waals surface area contributed by atoms with Crippen LogP contribution < -0.4 is 5.32 Å². The highest BCUT2D eigenvalue weighted by atomic mass is 79.9. The second-order valence-corrected chi connectivity index (χ2v) is 7.55. The minimum absolute atomic E-state index is 0.0484. The number of anilines is 1. The molecule has 0 aliphatic rings. The SMILES string of the molecule is O=C(Nc1ccc(S(=O)(=O)Cl)cc1Br)c1cscn1. The molecule has 0 bridgehead atoms. The van der Waals surface area contributed by atoms with E-state index in [0.717, 1.165) is 0 Å². The summed E-state index contributed by atoms with van der Waals surface area (Å²) in [5.74, 6) is -0.372. The number of hydrogen-bond acceptors (Lipinski definition) is 5. The number of nitrogens with one attached hydrogen (secondary N) is 1. The Labute approximate surface area is 126 Å². The quantitative estimate of drug-likeness (QED) is 0.829. The van der Waals surface area contributed by atoms with Crippen LogP contribution in [-0.4, -0.2) is 19.3 Å². The van der Waals surface area contributed by atoms with Gasteiger partial charge >= 0.3 is 0 Å². The van der Waals surface area contributed by atoms with Crippen LogP contribution in [0.5, 0.6) is 0 Å². The van der Waals surface area contributed by atoms with E-state index in [1.54, 1.807) is 10.9 Å². The summed E-state index contributed by atoms with van der Waals surface area (Å²) >= 11 is 4.48. The van der Waals surface area contributed by atoms with Gasteiger partial charge in [0.1, 0.15) is 5.69 Å². The lowest BCUT2D eigenvalue weighted by atomic mass is 10.3. The summed E-state index contributed by atoms with van der Waals surface area (Å²) in [7, 11) is 1.43. The summed E-state index contributed by atoms with van der Waals surface area (Å²) < 4.78 is 22.7. The summed E-state index contributed by atoms with van der Waals surface area (Å²) in [6.07, 6.45) is 0. The number of nitrogens with zero attached hydrogens (tertiary/aromatic N) is 1. The van der Waals surface area contributed by atoms with Crippen molar-refractivity contribution < 1.29 is 13.2 Å². The summed E-state index contributed by atoms with van der Waals surface area (Å²) in [4.78, 5) is 15.6. The van der Waals surface area contributed by atoms with Crippen molar-refractivity contribution in [3.8, 4) is 0 Å². The number of halogens is 2. The van der Waals surface area contributed by atoms with Crippen molar-refractivity contribution in [2.75, 3.05) is 5.32 Å². The molecule has 1 N–H and O–H groups in total. The molecule has 1 aromatic carbocycles. The van der Waals surface area contributed by atoms with Gasteiger partial charge in [-0.1, -0.05) is 0 Å². The minimum atomic E-state index is -3.79. The number of benzene rings is 1. The Morgan fingerprint density at radius 1 is 1.42 bits per heavy atom. The van der Waals surface area contributed by atoms with Gasteiger partial charge in [-0.05, 0) is 34.1 Å². The molecule has 0 radical (unpaired) electrons. The van der Waals surface area contributed by atoms with E-state index >= 15 is 0 Å². The first-order chi connectivity index (χ1) is 8.88. The molecule has 2 rings (SSSR count). The van der Waals surface area contributed by atoms with Gasteiger partial charge in [0.05, 0.1) is 16.1 Å². The zero-order valence-corrected chi connectivity index (χ0v) is 13.1. The zero-order chi connectivity index (χ0) is 14.0. The summed E-state index contributed by atoms with van der Waals surface area (Å²) in [5.41, 5.74) is 2.28. The number of aromatic nitrogens is 1. The van der Waals surface area contributed by atoms with E-state index in [0.29, 0.717) is 15.9 Å². The van der Waals surface area contributed by atoms with Crippen LogP contribution in [0.25, 0.3) is 0 Å². The molecule has 1 amide bonds. The highest BCUT2D eigenvalue weighted by Crippen LogP contribution is 2.27. The van der Waals surface area contributed by atoms with E-state index in [1.165, 1.54) is 29.5 Å². The largest absolute Gasteiger partial charge is 0.320 e. The fraction of sp³-hybridized carbons (Fsp3) is 0. The third-order valence-corrected chi connectivity index (χ3v) is 4.73. The minimum Gasteiger partial charge on any atom is -0.320 e. The summed E-state index contributed by atoms with van der Waals surface area (Å²) in [5, 5.41) is 4.22. The second kappa shape index (κ2) is 5.58. The molecule has 0 saturated heterocycles. The molecule has 0 spiro atoms. The molecular weight excluding hydrogens is 376 g/mol. The highest BCUT2D eigenvalue weighted by molar-refractivity contribution is 9.10. The van der Waals surface area contributed by atoms with E-state index in [2.05, 4.69) is 26.2 Å². The molecule has 0 fully saturated rings. The van der Waals surface area contributed by atoms with Crippen molar-refractivity contribution in [2.45, 2.75) is 4.90 Å². The van der Waals surface area contributed by atoms with Crippen LogP contribution in [0.2, 0.25) is 0 Å². The molecule has 9 heteroatoms. The van der Waals surface area contributed by atoms with E-state index in [1.807, 2.05) is 0 Å². The Morgan fingerprint density at radius 2 is 2.16 bits per heavy atom. The van der Waals surface area contributed by atoms with Gasteiger partial charge in [0.15, 0.2) is 0 Å². The monoisotopic (exact) mass is 380 g/mol. The molecule has 0 atom stereocenters. The first-order valence-electron chi connectivity index (χ1n) is 4.81. The van der Waals surface area contributed by atoms with Gasteiger partial charge in [-0.3, -0.25) is 4.79 Å². The van der Waals surface area contributed by atoms with Crippen LogP contribution in [-0.2, 0) is 9.05 Å². The molecule has 19 heavy (non-hydrogen) atoms. The Balaban J connectivity index is 2.25. The number of thiazole rings is 1. The van der Waals surface area contributed by atoms with Crippen LogP contribution in [0.3, 0.4) is 0 Å². The van der Waals surface area contributed by atoms with Crippen LogP contribution in [0.15, 0.2) is 38.5 Å². The number of hydrogen-bond donors (Lipinski definition) is 1. The fourth-order valence-corrected chi connectivity index (χ4v) is 3.20. The molecule has 0 saturated carbocycles. The maximum Gasteiger partial charge on any atom is 0.275 e. The predicted octanol–water partition coefficient (Wildman–Crippen LogP) is 3.09. The first kappa shape index (κ1) is 14.4. The second-order valence-electron chi connectivity index (χ2n) is 3.41. The van der Waals surface area contributed by atoms with Gasteiger partial charge in [-0.15, -0.1) is 11.3 Å². The Hall–Kier alpha value is -0.960. The topological polar surface area (TPSA) is 76.1 Å².